The highest BCUT2D eigenvalue weighted by Gasteiger charge is 2.33. The normalized spacial score (nSPS) is 13.5. The summed E-state index contributed by atoms with van der Waals surface area (Å²) in [6.07, 6.45) is 24.0. The molecule has 0 bridgehead atoms. The SMILES string of the molecule is C#C.C/C=C\C(=C/C)c1c(C2=CCCC=C2)c(-c2ccccc2)c(-c2ccccc2)c2c1-c1cccc3cccc-2c13. The minimum atomic E-state index is 1.06. The van der Waals surface area contributed by atoms with Gasteiger partial charge in [-0.2, -0.15) is 0 Å². The zero-order chi connectivity index (χ0) is 29.1. The zero-order valence-electron chi connectivity index (χ0n) is 24.3. The lowest BCUT2D eigenvalue weighted by atomic mass is 9.75. The van der Waals surface area contributed by atoms with Crippen molar-refractivity contribution < 1.29 is 0 Å². The van der Waals surface area contributed by atoms with E-state index in [1.807, 2.05) is 0 Å². The van der Waals surface area contributed by atoms with Gasteiger partial charge in [-0.25, -0.2) is 0 Å². The molecule has 0 heterocycles. The van der Waals surface area contributed by atoms with Crippen molar-refractivity contribution in [2.24, 2.45) is 0 Å². The Morgan fingerprint density at radius 2 is 1.21 bits per heavy atom. The van der Waals surface area contributed by atoms with Gasteiger partial charge in [0.25, 0.3) is 0 Å². The molecular formula is C42H34. The maximum atomic E-state index is 4.00. The number of allylic oxidation sites excluding steroid dienone is 8. The second-order valence-electron chi connectivity index (χ2n) is 10.6. The molecule has 0 heteroatoms. The lowest BCUT2D eigenvalue weighted by molar-refractivity contribution is 1.04. The molecule has 0 N–H and O–H groups in total. The number of fused-ring (bicyclic) bond motifs is 3. The molecule has 202 valence electrons. The van der Waals surface area contributed by atoms with E-state index in [-0.39, 0.29) is 0 Å². The molecule has 0 saturated carbocycles. The molecule has 5 aromatic carbocycles. The van der Waals surface area contributed by atoms with Crippen LogP contribution < -0.4 is 0 Å². The van der Waals surface area contributed by atoms with Crippen LogP contribution in [0.25, 0.3) is 66.4 Å². The van der Waals surface area contributed by atoms with Crippen LogP contribution in [-0.4, -0.2) is 0 Å². The quantitative estimate of drug-likeness (QED) is 0.151. The van der Waals surface area contributed by atoms with E-state index in [9.17, 15) is 0 Å². The average molecular weight is 539 g/mol. The van der Waals surface area contributed by atoms with Crippen LogP contribution in [0.4, 0.5) is 0 Å². The molecule has 0 aliphatic heterocycles. The highest BCUT2D eigenvalue weighted by atomic mass is 14.4. The largest absolute Gasteiger partial charge is 0.124 e. The summed E-state index contributed by atoms with van der Waals surface area (Å²) in [5.41, 5.74) is 15.7. The lowest BCUT2D eigenvalue weighted by Crippen LogP contribution is -2.04. The van der Waals surface area contributed by atoms with Gasteiger partial charge in [-0.15, -0.1) is 12.8 Å². The standard InChI is InChI=1S/C40H32.C2H2/c1-3-16-27(4-2)35-36(29-17-8-5-9-18-29)37(30-19-10-6-11-20-30)38(31-21-12-7-13-22-31)40-33-26-15-24-28-23-14-25-32(34(28)33)39(35)40;1-2/h3-4,6-8,10-26H,5,9H2,1-2H3;1-2H/b16-3-,27-4+;. The maximum Gasteiger partial charge on any atom is -0.000719 e. The topological polar surface area (TPSA) is 0 Å². The van der Waals surface area contributed by atoms with Crippen molar-refractivity contribution in [2.45, 2.75) is 26.7 Å². The van der Waals surface area contributed by atoms with Crippen LogP contribution >= 0.6 is 0 Å². The molecule has 2 aliphatic carbocycles. The van der Waals surface area contributed by atoms with Gasteiger partial charge in [0.2, 0.25) is 0 Å². The predicted molar refractivity (Wildman–Crippen MR) is 184 cm³/mol. The van der Waals surface area contributed by atoms with Crippen molar-refractivity contribution in [3.8, 4) is 57.4 Å². The minimum absolute atomic E-state index is 1.06. The molecule has 0 atom stereocenters. The van der Waals surface area contributed by atoms with E-state index in [4.69, 9.17) is 0 Å². The predicted octanol–water partition coefficient (Wildman–Crippen LogP) is 11.8. The van der Waals surface area contributed by atoms with Crippen molar-refractivity contribution in [2.75, 3.05) is 0 Å². The molecule has 0 amide bonds. The number of hydrogen-bond acceptors (Lipinski definition) is 0. The summed E-state index contributed by atoms with van der Waals surface area (Å²) in [4.78, 5) is 0. The van der Waals surface area contributed by atoms with E-state index in [2.05, 4.69) is 160 Å². The molecule has 7 rings (SSSR count). The summed E-state index contributed by atoms with van der Waals surface area (Å²) in [6.45, 7) is 4.29. The molecule has 2 aliphatic rings. The van der Waals surface area contributed by atoms with E-state index in [0.717, 1.165) is 12.8 Å². The van der Waals surface area contributed by atoms with E-state index in [0.29, 0.717) is 0 Å². The van der Waals surface area contributed by atoms with Gasteiger partial charge in [0.05, 0.1) is 0 Å². The van der Waals surface area contributed by atoms with Gasteiger partial charge in [0.15, 0.2) is 0 Å². The molecule has 0 unspecified atom stereocenters. The number of hydrogen-bond donors (Lipinski definition) is 0. The molecule has 5 aromatic rings. The van der Waals surface area contributed by atoms with Gasteiger partial charge < -0.3 is 0 Å². The third kappa shape index (κ3) is 4.36. The van der Waals surface area contributed by atoms with Gasteiger partial charge in [0.1, 0.15) is 0 Å². The lowest BCUT2D eigenvalue weighted by Gasteiger charge is -2.27. The molecule has 0 fully saturated rings. The third-order valence-corrected chi connectivity index (χ3v) is 8.30. The second-order valence-corrected chi connectivity index (χ2v) is 10.6. The summed E-state index contributed by atoms with van der Waals surface area (Å²) in [6, 6.07) is 35.6. The van der Waals surface area contributed by atoms with Crippen LogP contribution in [0, 0.1) is 12.8 Å². The van der Waals surface area contributed by atoms with Crippen molar-refractivity contribution in [1.29, 1.82) is 0 Å². The zero-order valence-corrected chi connectivity index (χ0v) is 24.3. The third-order valence-electron chi connectivity index (χ3n) is 8.30. The fourth-order valence-electron chi connectivity index (χ4n) is 6.71. The minimum Gasteiger partial charge on any atom is -0.124 e. The smallest absolute Gasteiger partial charge is 0.000719 e. The average Bonchev–Trinajstić information content (AvgIpc) is 3.40. The Morgan fingerprint density at radius 3 is 1.76 bits per heavy atom. The fourth-order valence-corrected chi connectivity index (χ4v) is 6.71. The van der Waals surface area contributed by atoms with Gasteiger partial charge in [0, 0.05) is 0 Å². The van der Waals surface area contributed by atoms with Crippen LogP contribution in [0.5, 0.6) is 0 Å². The van der Waals surface area contributed by atoms with Crippen LogP contribution in [0.2, 0.25) is 0 Å². The summed E-state index contributed by atoms with van der Waals surface area (Å²) in [5, 5.41) is 2.66. The van der Waals surface area contributed by atoms with Crippen molar-refractivity contribution in [3.63, 3.8) is 0 Å². The Balaban J connectivity index is 0.00000155. The van der Waals surface area contributed by atoms with E-state index >= 15 is 0 Å². The van der Waals surface area contributed by atoms with Crippen LogP contribution in [-0.2, 0) is 0 Å². The van der Waals surface area contributed by atoms with Gasteiger partial charge in [-0.3, -0.25) is 0 Å². The van der Waals surface area contributed by atoms with Gasteiger partial charge in [-0.1, -0.05) is 134 Å². The number of rotatable bonds is 5. The Kier molecular flexibility index (Phi) is 7.59. The summed E-state index contributed by atoms with van der Waals surface area (Å²) < 4.78 is 0. The number of terminal acetylenes is 1. The Bertz CT molecular complexity index is 1920. The molecular weight excluding hydrogens is 504 g/mol. The van der Waals surface area contributed by atoms with Crippen molar-refractivity contribution in [3.05, 3.63) is 145 Å². The van der Waals surface area contributed by atoms with Crippen LogP contribution in [0.3, 0.4) is 0 Å². The molecule has 0 radical (unpaired) electrons. The first kappa shape index (κ1) is 27.1. The summed E-state index contributed by atoms with van der Waals surface area (Å²) in [7, 11) is 0. The van der Waals surface area contributed by atoms with Crippen LogP contribution in [0.1, 0.15) is 37.8 Å². The summed E-state index contributed by atoms with van der Waals surface area (Å²) in [5.74, 6) is 0. The van der Waals surface area contributed by atoms with Crippen molar-refractivity contribution in [1.82, 2.24) is 0 Å². The van der Waals surface area contributed by atoms with Gasteiger partial charge in [-0.05, 0) is 104 Å². The van der Waals surface area contributed by atoms with E-state index in [1.165, 1.54) is 77.6 Å². The number of benzene rings is 5. The highest BCUT2D eigenvalue weighted by Crippen LogP contribution is 2.59. The molecule has 42 heavy (non-hydrogen) atoms. The fraction of sp³-hybridized carbons (Fsp3) is 0.0952. The maximum absolute atomic E-state index is 4.00. The van der Waals surface area contributed by atoms with Gasteiger partial charge >= 0.3 is 0 Å². The first-order chi connectivity index (χ1) is 20.8. The Labute approximate surface area is 250 Å². The van der Waals surface area contributed by atoms with Crippen LogP contribution in [0.15, 0.2) is 134 Å². The molecule has 0 nitrogen and oxygen atoms in total. The van der Waals surface area contributed by atoms with Crippen molar-refractivity contribution >= 4 is 21.9 Å². The first-order valence-corrected chi connectivity index (χ1v) is 14.7. The van der Waals surface area contributed by atoms with E-state index in [1.54, 1.807) is 0 Å². The summed E-state index contributed by atoms with van der Waals surface area (Å²) >= 11 is 0. The molecule has 0 spiro atoms. The second kappa shape index (κ2) is 11.8. The molecule has 0 aromatic heterocycles. The molecule has 0 saturated heterocycles. The van der Waals surface area contributed by atoms with E-state index < -0.39 is 0 Å². The first-order valence-electron chi connectivity index (χ1n) is 14.7. The monoisotopic (exact) mass is 538 g/mol. The Hall–Kier alpha value is -5.12. The highest BCUT2D eigenvalue weighted by molar-refractivity contribution is 6.23. The Morgan fingerprint density at radius 1 is 0.619 bits per heavy atom.